The maximum Gasteiger partial charge on any atom is 0.243 e. The van der Waals surface area contributed by atoms with Crippen molar-refractivity contribution >= 4 is 11.7 Å². The smallest absolute Gasteiger partial charge is 0.243 e. The lowest BCUT2D eigenvalue weighted by atomic mass is 9.74. The maximum atomic E-state index is 4.43. The van der Waals surface area contributed by atoms with Gasteiger partial charge in [-0.3, -0.25) is 0 Å². The topological polar surface area (TPSA) is 50.2 Å². The van der Waals surface area contributed by atoms with E-state index in [0.717, 1.165) is 30.1 Å². The Hall–Kier alpha value is -1.71. The summed E-state index contributed by atoms with van der Waals surface area (Å²) in [6.45, 7) is 3.93. The maximum absolute atomic E-state index is 4.43. The predicted molar refractivity (Wildman–Crippen MR) is 67.9 cm³/mol. The molecule has 4 heteroatoms. The Balaban J connectivity index is 1.70. The van der Waals surface area contributed by atoms with Gasteiger partial charge in [-0.15, -0.1) is 0 Å². The highest BCUT2D eigenvalue weighted by atomic mass is 15.4. The van der Waals surface area contributed by atoms with Crippen LogP contribution in [0.3, 0.4) is 0 Å². The molecule has 0 saturated heterocycles. The molecule has 2 aliphatic rings. The lowest BCUT2D eigenvalue weighted by Crippen LogP contribution is -2.33. The number of hydrogen-bond acceptors (Lipinski definition) is 4. The van der Waals surface area contributed by atoms with Crippen molar-refractivity contribution in [1.29, 1.82) is 0 Å². The van der Waals surface area contributed by atoms with E-state index in [9.17, 15) is 0 Å². The average Bonchev–Trinajstić information content (AvgIpc) is 2.59. The van der Waals surface area contributed by atoms with Gasteiger partial charge in [0.1, 0.15) is 0 Å². The molecule has 1 heterocycles. The van der Waals surface area contributed by atoms with Crippen LogP contribution in [0.15, 0.2) is 23.3 Å². The second kappa shape index (κ2) is 3.95. The quantitative estimate of drug-likeness (QED) is 0.625. The molecule has 2 atom stereocenters. The van der Waals surface area contributed by atoms with E-state index in [1.54, 1.807) is 0 Å². The van der Waals surface area contributed by atoms with E-state index >= 15 is 0 Å². The van der Waals surface area contributed by atoms with Crippen molar-refractivity contribution in [2.45, 2.75) is 26.7 Å². The molecule has 1 saturated carbocycles. The molecule has 17 heavy (non-hydrogen) atoms. The fourth-order valence-electron chi connectivity index (χ4n) is 2.56. The van der Waals surface area contributed by atoms with Crippen LogP contribution >= 0.6 is 0 Å². The minimum Gasteiger partial charge on any atom is -0.245 e. The zero-order chi connectivity index (χ0) is 11.8. The minimum atomic E-state index is 0.601. The lowest BCUT2D eigenvalue weighted by molar-refractivity contribution is 0.466. The van der Waals surface area contributed by atoms with E-state index in [0.29, 0.717) is 11.9 Å². The van der Waals surface area contributed by atoms with Gasteiger partial charge in [0.05, 0.1) is 0 Å². The van der Waals surface area contributed by atoms with Crippen LogP contribution in [-0.4, -0.2) is 15.7 Å². The van der Waals surface area contributed by atoms with Gasteiger partial charge >= 0.3 is 0 Å². The summed E-state index contributed by atoms with van der Waals surface area (Å²) in [5.74, 6) is 1.97. The Kier molecular flexibility index (Phi) is 2.42. The number of anilines is 1. The van der Waals surface area contributed by atoms with Gasteiger partial charge in [0.15, 0.2) is 0 Å². The van der Waals surface area contributed by atoms with Gasteiger partial charge in [0.2, 0.25) is 5.95 Å². The monoisotopic (exact) mass is 228 g/mol. The van der Waals surface area contributed by atoms with Crippen molar-refractivity contribution in [3.05, 3.63) is 29.6 Å². The van der Waals surface area contributed by atoms with Crippen molar-refractivity contribution in [3.63, 3.8) is 0 Å². The molecule has 0 aromatic carbocycles. The molecule has 0 spiro atoms. The number of rotatable bonds is 2. The fraction of sp³-hybridized carbons (Fsp3) is 0.462. The number of nitrogens with zero attached hydrogens (tertiary/aromatic N) is 3. The third kappa shape index (κ3) is 1.95. The summed E-state index contributed by atoms with van der Waals surface area (Å²) in [7, 11) is 0. The molecule has 1 aromatic rings. The number of hydrazone groups is 1. The van der Waals surface area contributed by atoms with E-state index < -0.39 is 0 Å². The van der Waals surface area contributed by atoms with E-state index in [4.69, 9.17) is 0 Å². The number of aromatic nitrogens is 2. The van der Waals surface area contributed by atoms with Crippen LogP contribution in [-0.2, 0) is 0 Å². The summed E-state index contributed by atoms with van der Waals surface area (Å²) in [4.78, 5) is 8.61. The van der Waals surface area contributed by atoms with Crippen LogP contribution in [0.5, 0.6) is 0 Å². The first-order valence-corrected chi connectivity index (χ1v) is 6.04. The Morgan fingerprint density at radius 2 is 2.06 bits per heavy atom. The molecule has 0 unspecified atom stereocenters. The molecule has 0 amide bonds. The van der Waals surface area contributed by atoms with Gasteiger partial charge < -0.3 is 0 Å². The normalized spacial score (nSPS) is 28.0. The summed E-state index contributed by atoms with van der Waals surface area (Å²) >= 11 is 0. The van der Waals surface area contributed by atoms with Crippen LogP contribution in [0.25, 0.3) is 0 Å². The van der Waals surface area contributed by atoms with Gasteiger partial charge in [0, 0.05) is 23.0 Å². The molecule has 3 rings (SSSR count). The number of allylic oxidation sites excluding steroid dienone is 2. The van der Waals surface area contributed by atoms with E-state index in [1.807, 2.05) is 19.9 Å². The number of hydrogen-bond donors (Lipinski definition) is 1. The Labute approximate surface area is 101 Å². The number of nitrogens with one attached hydrogen (secondary N) is 1. The Bertz CT molecular complexity index is 484. The third-order valence-corrected chi connectivity index (χ3v) is 3.44. The van der Waals surface area contributed by atoms with Crippen molar-refractivity contribution in [1.82, 2.24) is 9.97 Å². The zero-order valence-corrected chi connectivity index (χ0v) is 10.1. The van der Waals surface area contributed by atoms with E-state index in [2.05, 4.69) is 32.6 Å². The Morgan fingerprint density at radius 1 is 1.29 bits per heavy atom. The highest BCUT2D eigenvalue weighted by Crippen LogP contribution is 2.40. The van der Waals surface area contributed by atoms with Crippen LogP contribution in [0.2, 0.25) is 0 Å². The molecule has 88 valence electrons. The van der Waals surface area contributed by atoms with Crippen molar-refractivity contribution in [3.8, 4) is 0 Å². The van der Waals surface area contributed by atoms with E-state index in [1.165, 1.54) is 5.71 Å². The summed E-state index contributed by atoms with van der Waals surface area (Å²) in [6.07, 6.45) is 6.78. The van der Waals surface area contributed by atoms with Crippen molar-refractivity contribution in [2.24, 2.45) is 16.9 Å². The van der Waals surface area contributed by atoms with Gasteiger partial charge in [-0.2, -0.15) is 5.10 Å². The minimum absolute atomic E-state index is 0.601. The lowest BCUT2D eigenvalue weighted by Gasteiger charge is -2.31. The average molecular weight is 228 g/mol. The number of aryl methyl sites for hydroxylation is 2. The van der Waals surface area contributed by atoms with Gasteiger partial charge in [-0.1, -0.05) is 12.2 Å². The molecule has 1 N–H and O–H groups in total. The Morgan fingerprint density at radius 3 is 2.76 bits per heavy atom. The molecule has 1 aromatic heterocycles. The standard InChI is InChI=1S/C13H16N4/c1-8-6-9(2)15-13(14-8)17-16-12-7-10-4-3-5-11(10)12/h3-4,6,10-11H,5,7H2,1-2H3,(H,14,15,17)/b16-12+/t10-,11-/m1/s1. The van der Waals surface area contributed by atoms with Crippen molar-refractivity contribution < 1.29 is 0 Å². The summed E-state index contributed by atoms with van der Waals surface area (Å²) in [6, 6.07) is 1.96. The molecule has 0 aliphatic heterocycles. The molecule has 4 nitrogen and oxygen atoms in total. The van der Waals surface area contributed by atoms with Crippen LogP contribution in [0.4, 0.5) is 5.95 Å². The highest BCUT2D eigenvalue weighted by Gasteiger charge is 2.37. The van der Waals surface area contributed by atoms with Crippen LogP contribution in [0, 0.1) is 25.7 Å². The summed E-state index contributed by atoms with van der Waals surface area (Å²) < 4.78 is 0. The zero-order valence-electron chi connectivity index (χ0n) is 10.1. The highest BCUT2D eigenvalue weighted by molar-refractivity contribution is 5.94. The van der Waals surface area contributed by atoms with Crippen molar-refractivity contribution in [2.75, 3.05) is 5.43 Å². The first-order valence-electron chi connectivity index (χ1n) is 6.04. The fourth-order valence-corrected chi connectivity index (χ4v) is 2.56. The summed E-state index contributed by atoms with van der Waals surface area (Å²) in [5.41, 5.74) is 6.17. The van der Waals surface area contributed by atoms with Gasteiger partial charge in [-0.05, 0) is 38.7 Å². The van der Waals surface area contributed by atoms with E-state index in [-0.39, 0.29) is 0 Å². The molecule has 2 aliphatic carbocycles. The summed E-state index contributed by atoms with van der Waals surface area (Å²) in [5, 5.41) is 4.43. The van der Waals surface area contributed by atoms with Gasteiger partial charge in [0.25, 0.3) is 0 Å². The second-order valence-electron chi connectivity index (χ2n) is 4.83. The first kappa shape index (κ1) is 10.4. The third-order valence-electron chi connectivity index (χ3n) is 3.44. The largest absolute Gasteiger partial charge is 0.245 e. The molecule has 1 fully saturated rings. The predicted octanol–water partition coefficient (Wildman–Crippen LogP) is 2.46. The molecule has 0 bridgehead atoms. The molecular formula is C13H16N4. The SMILES string of the molecule is Cc1cc(C)nc(N/N=C2\C[C@H]3C=CC[C@@H]23)n1. The molecular weight excluding hydrogens is 212 g/mol. The first-order chi connectivity index (χ1) is 8.22. The molecule has 0 radical (unpaired) electrons. The van der Waals surface area contributed by atoms with Gasteiger partial charge in [-0.25, -0.2) is 15.4 Å². The van der Waals surface area contributed by atoms with Crippen LogP contribution < -0.4 is 5.43 Å². The second-order valence-corrected chi connectivity index (χ2v) is 4.83. The van der Waals surface area contributed by atoms with Crippen LogP contribution in [0.1, 0.15) is 24.2 Å². The number of fused-ring (bicyclic) bond motifs is 1.